The van der Waals surface area contributed by atoms with E-state index in [-0.39, 0.29) is 5.97 Å². The topological polar surface area (TPSA) is 29.5 Å². The monoisotopic (exact) mass is 345 g/mol. The van der Waals surface area contributed by atoms with Gasteiger partial charge in [0.25, 0.3) is 0 Å². The predicted molar refractivity (Wildman–Crippen MR) is 106 cm³/mol. The predicted octanol–water partition coefficient (Wildman–Crippen LogP) is 4.61. The van der Waals surface area contributed by atoms with Crippen molar-refractivity contribution < 1.29 is 9.53 Å². The second-order valence-electron chi connectivity index (χ2n) is 7.17. The van der Waals surface area contributed by atoms with Gasteiger partial charge in [-0.05, 0) is 72.7 Å². The van der Waals surface area contributed by atoms with Crippen LogP contribution in [0.15, 0.2) is 54.1 Å². The van der Waals surface area contributed by atoms with Crippen LogP contribution in [0.1, 0.15) is 35.1 Å². The molecule has 0 fully saturated rings. The van der Waals surface area contributed by atoms with Crippen LogP contribution >= 0.6 is 0 Å². The van der Waals surface area contributed by atoms with Crippen molar-refractivity contribution in [3.8, 4) is 0 Å². The number of aryl methyl sites for hydroxylation is 2. The highest BCUT2D eigenvalue weighted by atomic mass is 16.5. The summed E-state index contributed by atoms with van der Waals surface area (Å²) in [5, 5.41) is 0. The van der Waals surface area contributed by atoms with E-state index in [2.05, 4.69) is 23.1 Å². The van der Waals surface area contributed by atoms with Gasteiger partial charge in [-0.3, -0.25) is 0 Å². The number of cyclic esters (lactones) is 1. The highest BCUT2D eigenvalue weighted by molar-refractivity contribution is 6.05. The summed E-state index contributed by atoms with van der Waals surface area (Å²) in [7, 11) is 4.02. The third-order valence-electron chi connectivity index (χ3n) is 5.09. The number of benzene rings is 2. The first-order valence-corrected chi connectivity index (χ1v) is 9.15. The Hall–Kier alpha value is -2.81. The van der Waals surface area contributed by atoms with Crippen LogP contribution in [0.25, 0.3) is 11.8 Å². The molecule has 1 aliphatic heterocycles. The number of esters is 1. The first-order chi connectivity index (χ1) is 12.6. The van der Waals surface area contributed by atoms with E-state index in [0.717, 1.165) is 29.7 Å². The summed E-state index contributed by atoms with van der Waals surface area (Å²) >= 11 is 0. The molecule has 0 unspecified atom stereocenters. The number of ether oxygens (including phenoxy) is 1. The van der Waals surface area contributed by atoms with Gasteiger partial charge in [-0.25, -0.2) is 4.79 Å². The zero-order chi connectivity index (χ0) is 18.1. The molecule has 26 heavy (non-hydrogen) atoms. The summed E-state index contributed by atoms with van der Waals surface area (Å²) in [5.41, 5.74) is 6.53. The molecule has 2 aliphatic rings. The summed E-state index contributed by atoms with van der Waals surface area (Å²) < 4.78 is 5.53. The Morgan fingerprint density at radius 1 is 0.962 bits per heavy atom. The first kappa shape index (κ1) is 16.6. The molecule has 0 aromatic heterocycles. The molecule has 0 saturated heterocycles. The van der Waals surface area contributed by atoms with Crippen LogP contribution in [0.5, 0.6) is 0 Å². The lowest BCUT2D eigenvalue weighted by Crippen LogP contribution is -2.07. The Bertz CT molecular complexity index is 904. The molecule has 1 heterocycles. The average molecular weight is 345 g/mol. The van der Waals surface area contributed by atoms with Crippen molar-refractivity contribution in [3.63, 3.8) is 0 Å². The van der Waals surface area contributed by atoms with Gasteiger partial charge >= 0.3 is 5.97 Å². The maximum atomic E-state index is 12.3. The Morgan fingerprint density at radius 3 is 2.42 bits per heavy atom. The molecule has 3 nitrogen and oxygen atoms in total. The Labute approximate surface area is 154 Å². The van der Waals surface area contributed by atoms with Gasteiger partial charge in [-0.15, -0.1) is 0 Å². The third kappa shape index (κ3) is 3.30. The fourth-order valence-electron chi connectivity index (χ4n) is 3.57. The zero-order valence-corrected chi connectivity index (χ0v) is 15.3. The fourth-order valence-corrected chi connectivity index (χ4v) is 3.57. The molecule has 0 radical (unpaired) electrons. The van der Waals surface area contributed by atoms with Gasteiger partial charge in [0.1, 0.15) is 5.76 Å². The van der Waals surface area contributed by atoms with Gasteiger partial charge in [-0.2, -0.15) is 0 Å². The minimum Gasteiger partial charge on any atom is -0.422 e. The van der Waals surface area contributed by atoms with E-state index in [0.29, 0.717) is 11.3 Å². The number of rotatable bonds is 3. The number of hydrogen-bond acceptors (Lipinski definition) is 3. The molecule has 0 N–H and O–H groups in total. The van der Waals surface area contributed by atoms with E-state index < -0.39 is 0 Å². The summed E-state index contributed by atoms with van der Waals surface area (Å²) in [6, 6.07) is 14.5. The lowest BCUT2D eigenvalue weighted by atomic mass is 9.90. The number of nitrogens with zero attached hydrogens (tertiary/aromatic N) is 1. The number of anilines is 1. The van der Waals surface area contributed by atoms with E-state index in [9.17, 15) is 4.79 Å². The van der Waals surface area contributed by atoms with Gasteiger partial charge < -0.3 is 9.64 Å². The van der Waals surface area contributed by atoms with Crippen molar-refractivity contribution in [2.75, 3.05) is 19.0 Å². The number of fused-ring (bicyclic) bond motifs is 1. The molecule has 2 aromatic rings. The maximum Gasteiger partial charge on any atom is 0.343 e. The summed E-state index contributed by atoms with van der Waals surface area (Å²) in [4.78, 5) is 14.3. The van der Waals surface area contributed by atoms with Crippen LogP contribution < -0.4 is 4.90 Å². The van der Waals surface area contributed by atoms with Gasteiger partial charge in [0.2, 0.25) is 0 Å². The standard InChI is InChI=1S/C23H23NO2/c1-24(2)21-11-7-16(8-12-21)13-20-15-22(26-23(20)25)19-10-9-17-5-3-4-6-18(17)14-19/h7-15H,3-6H2,1-2H3/b20-13+. The van der Waals surface area contributed by atoms with Crippen LogP contribution in [-0.2, 0) is 22.4 Å². The van der Waals surface area contributed by atoms with Gasteiger partial charge in [0.05, 0.1) is 5.57 Å². The van der Waals surface area contributed by atoms with Crippen LogP contribution in [-0.4, -0.2) is 20.1 Å². The van der Waals surface area contributed by atoms with E-state index in [1.54, 1.807) is 0 Å². The molecular formula is C23H23NO2. The Morgan fingerprint density at radius 2 is 1.69 bits per heavy atom. The molecule has 3 heteroatoms. The van der Waals surface area contributed by atoms with Crippen molar-refractivity contribution in [1.82, 2.24) is 0 Å². The molecular weight excluding hydrogens is 322 g/mol. The van der Waals surface area contributed by atoms with Crippen molar-refractivity contribution in [2.45, 2.75) is 25.7 Å². The van der Waals surface area contributed by atoms with Crippen LogP contribution in [0, 0.1) is 0 Å². The lowest BCUT2D eigenvalue weighted by molar-refractivity contribution is -0.130. The molecule has 0 bridgehead atoms. The largest absolute Gasteiger partial charge is 0.422 e. The summed E-state index contributed by atoms with van der Waals surface area (Å²) in [5.74, 6) is 0.369. The minimum absolute atomic E-state index is 0.283. The molecule has 0 saturated carbocycles. The van der Waals surface area contributed by atoms with Crippen LogP contribution in [0.3, 0.4) is 0 Å². The van der Waals surface area contributed by atoms with E-state index in [1.807, 2.05) is 50.5 Å². The van der Waals surface area contributed by atoms with Crippen LogP contribution in [0.4, 0.5) is 5.69 Å². The van der Waals surface area contributed by atoms with Crippen molar-refractivity contribution in [3.05, 3.63) is 76.4 Å². The van der Waals surface area contributed by atoms with Crippen molar-refractivity contribution >= 4 is 23.5 Å². The third-order valence-corrected chi connectivity index (χ3v) is 5.09. The Balaban J connectivity index is 1.61. The average Bonchev–Trinajstić information content (AvgIpc) is 3.02. The van der Waals surface area contributed by atoms with Gasteiger partial charge in [0.15, 0.2) is 0 Å². The Kier molecular flexibility index (Phi) is 4.37. The van der Waals surface area contributed by atoms with E-state index >= 15 is 0 Å². The number of carbonyl (C=O) groups excluding carboxylic acids is 1. The van der Waals surface area contributed by atoms with E-state index in [1.165, 1.54) is 24.0 Å². The molecule has 2 aromatic carbocycles. The highest BCUT2D eigenvalue weighted by Gasteiger charge is 2.23. The summed E-state index contributed by atoms with van der Waals surface area (Å²) in [6.45, 7) is 0. The minimum atomic E-state index is -0.283. The second kappa shape index (κ2) is 6.83. The first-order valence-electron chi connectivity index (χ1n) is 9.15. The quantitative estimate of drug-likeness (QED) is 0.601. The number of hydrogen-bond donors (Lipinski definition) is 0. The van der Waals surface area contributed by atoms with Gasteiger partial charge in [0, 0.05) is 25.3 Å². The van der Waals surface area contributed by atoms with E-state index in [4.69, 9.17) is 4.74 Å². The van der Waals surface area contributed by atoms with Crippen molar-refractivity contribution in [2.24, 2.45) is 0 Å². The molecule has 132 valence electrons. The molecule has 0 amide bonds. The normalized spacial score (nSPS) is 17.7. The van der Waals surface area contributed by atoms with Crippen LogP contribution in [0.2, 0.25) is 0 Å². The zero-order valence-electron chi connectivity index (χ0n) is 15.3. The fraction of sp³-hybridized carbons (Fsp3) is 0.261. The molecule has 0 spiro atoms. The highest BCUT2D eigenvalue weighted by Crippen LogP contribution is 2.31. The molecule has 0 atom stereocenters. The molecule has 4 rings (SSSR count). The second-order valence-corrected chi connectivity index (χ2v) is 7.17. The SMILES string of the molecule is CN(C)c1ccc(/C=C2\C=C(c3ccc4c(c3)CCCC4)OC2=O)cc1. The maximum absolute atomic E-state index is 12.3. The molecule has 1 aliphatic carbocycles. The lowest BCUT2D eigenvalue weighted by Gasteiger charge is -2.16. The van der Waals surface area contributed by atoms with Crippen molar-refractivity contribution in [1.29, 1.82) is 0 Å². The number of carbonyl (C=O) groups is 1. The smallest absolute Gasteiger partial charge is 0.343 e. The van der Waals surface area contributed by atoms with Gasteiger partial charge in [-0.1, -0.05) is 24.3 Å². The summed E-state index contributed by atoms with van der Waals surface area (Å²) in [6.07, 6.45) is 8.51.